The van der Waals surface area contributed by atoms with Crippen LogP contribution in [-0.2, 0) is 9.53 Å². The highest BCUT2D eigenvalue weighted by Gasteiger charge is 2.68. The van der Waals surface area contributed by atoms with Crippen LogP contribution in [0.2, 0.25) is 0 Å². The maximum atomic E-state index is 14.0. The highest BCUT2D eigenvalue weighted by molar-refractivity contribution is 5.84. The summed E-state index contributed by atoms with van der Waals surface area (Å²) in [4.78, 5) is 21.5. The number of ether oxygens (including phenoxy) is 1. The summed E-state index contributed by atoms with van der Waals surface area (Å²) in [5, 5.41) is 11.5. The van der Waals surface area contributed by atoms with Crippen molar-refractivity contribution in [2.45, 2.75) is 117 Å². The van der Waals surface area contributed by atoms with E-state index in [9.17, 15) is 9.90 Å². The van der Waals surface area contributed by atoms with Crippen LogP contribution in [0.3, 0.4) is 0 Å². The first-order valence-electron chi connectivity index (χ1n) is 15.8. The third-order valence-electron chi connectivity index (χ3n) is 13.3. The van der Waals surface area contributed by atoms with Gasteiger partial charge in [-0.25, -0.2) is 0 Å². The van der Waals surface area contributed by atoms with Gasteiger partial charge in [0.25, 0.3) is 0 Å². The van der Waals surface area contributed by atoms with Gasteiger partial charge in [-0.15, -0.1) is 0 Å². The highest BCUT2D eigenvalue weighted by atomic mass is 16.5. The Hall–Kier alpha value is -1.20. The monoisotopic (exact) mass is 524 g/mol. The summed E-state index contributed by atoms with van der Waals surface area (Å²) in [6.45, 7) is 10.2. The minimum Gasteiger partial charge on any atom is -0.480 e. The molecule has 0 unspecified atom stereocenters. The predicted octanol–water partition coefficient (Wildman–Crippen LogP) is 6.05. The summed E-state index contributed by atoms with van der Waals surface area (Å²) in [7, 11) is 4.22. The molecule has 6 rings (SSSR count). The van der Waals surface area contributed by atoms with Gasteiger partial charge in [0, 0.05) is 35.6 Å². The van der Waals surface area contributed by atoms with Crippen LogP contribution in [0.5, 0.6) is 0 Å². The standard InChI is InChI=1S/C33H52N2O3/c1-20(35(5)6)29-27(37)18-32(3)25-14-13-24-22(16-23(25)26(36)17-33(29,32)4)12-15-28-31(24,2)19-38-30(34-28)21-10-8-7-9-11-21/h12,20-21,23-25,27-29,37H,7-11,13-19H2,1-6H3/t20-,23+,24+,25+,27+,28-,29-,31-,32-,33+/m0/s1. The lowest BCUT2D eigenvalue weighted by molar-refractivity contribution is -0.147. The van der Waals surface area contributed by atoms with Crippen LogP contribution < -0.4 is 0 Å². The van der Waals surface area contributed by atoms with Gasteiger partial charge >= 0.3 is 0 Å². The Morgan fingerprint density at radius 3 is 2.53 bits per heavy atom. The van der Waals surface area contributed by atoms with Gasteiger partial charge in [-0.3, -0.25) is 9.79 Å². The molecule has 0 aromatic heterocycles. The van der Waals surface area contributed by atoms with E-state index in [4.69, 9.17) is 9.73 Å². The van der Waals surface area contributed by atoms with Crippen molar-refractivity contribution in [3.8, 4) is 0 Å². The van der Waals surface area contributed by atoms with E-state index in [1.165, 1.54) is 37.7 Å². The maximum absolute atomic E-state index is 14.0. The van der Waals surface area contributed by atoms with Crippen LogP contribution in [0.1, 0.15) is 98.3 Å². The van der Waals surface area contributed by atoms with Gasteiger partial charge in [-0.1, -0.05) is 51.7 Å². The van der Waals surface area contributed by atoms with E-state index in [1.807, 2.05) is 0 Å². The highest BCUT2D eigenvalue weighted by Crippen LogP contribution is 2.69. The third kappa shape index (κ3) is 3.84. The Labute approximate surface area is 230 Å². The normalized spacial score (nSPS) is 48.1. The Kier molecular flexibility index (Phi) is 6.70. The number of rotatable bonds is 3. The topological polar surface area (TPSA) is 62.1 Å². The smallest absolute Gasteiger partial charge is 0.186 e. The molecule has 1 N–H and O–H groups in total. The van der Waals surface area contributed by atoms with E-state index in [-0.39, 0.29) is 40.2 Å². The molecule has 1 aliphatic heterocycles. The van der Waals surface area contributed by atoms with E-state index in [0.717, 1.165) is 44.6 Å². The fraction of sp³-hybridized carbons (Fsp3) is 0.879. The zero-order chi connectivity index (χ0) is 27.0. The molecule has 6 aliphatic rings. The second-order valence-corrected chi connectivity index (χ2v) is 15.2. The fourth-order valence-electron chi connectivity index (χ4n) is 10.7. The molecule has 5 nitrogen and oxygen atoms in total. The van der Waals surface area contributed by atoms with Gasteiger partial charge in [-0.05, 0) is 88.6 Å². The van der Waals surface area contributed by atoms with Gasteiger partial charge in [-0.2, -0.15) is 0 Å². The van der Waals surface area contributed by atoms with E-state index in [1.54, 1.807) is 0 Å². The molecule has 0 bridgehead atoms. The molecule has 4 saturated carbocycles. The van der Waals surface area contributed by atoms with Gasteiger partial charge in [0.15, 0.2) is 5.90 Å². The maximum Gasteiger partial charge on any atom is 0.186 e. The average Bonchev–Trinajstić information content (AvgIpc) is 3.00. The van der Waals surface area contributed by atoms with Gasteiger partial charge in [0.05, 0.1) is 18.8 Å². The molecule has 1 heterocycles. The van der Waals surface area contributed by atoms with Crippen molar-refractivity contribution >= 4 is 11.7 Å². The molecular formula is C33H52N2O3. The number of hydrogen-bond donors (Lipinski definition) is 1. The summed E-state index contributed by atoms with van der Waals surface area (Å²) in [5.74, 6) is 3.01. The van der Waals surface area contributed by atoms with Gasteiger partial charge in [0.1, 0.15) is 5.78 Å². The number of carbonyl (C=O) groups excluding carboxylic acids is 1. The minimum absolute atomic E-state index is 0.0140. The first-order chi connectivity index (χ1) is 18.0. The number of aliphatic hydroxyl groups is 1. The van der Waals surface area contributed by atoms with Crippen LogP contribution >= 0.6 is 0 Å². The molecule has 0 radical (unpaired) electrons. The molecule has 5 heteroatoms. The van der Waals surface area contributed by atoms with E-state index in [2.05, 4.69) is 52.8 Å². The van der Waals surface area contributed by atoms with Crippen molar-refractivity contribution in [3.63, 3.8) is 0 Å². The summed E-state index contributed by atoms with van der Waals surface area (Å²) in [6, 6.07) is 0.546. The fourth-order valence-corrected chi connectivity index (χ4v) is 10.7. The van der Waals surface area contributed by atoms with E-state index >= 15 is 0 Å². The number of allylic oxidation sites excluding steroid dienone is 1. The molecule has 0 spiro atoms. The van der Waals surface area contributed by atoms with Crippen molar-refractivity contribution in [1.29, 1.82) is 0 Å². The zero-order valence-electron chi connectivity index (χ0n) is 24.8. The average molecular weight is 525 g/mol. The van der Waals surface area contributed by atoms with Crippen LogP contribution in [0.25, 0.3) is 0 Å². The van der Waals surface area contributed by atoms with Crippen molar-refractivity contribution in [2.75, 3.05) is 20.7 Å². The predicted molar refractivity (Wildman–Crippen MR) is 152 cm³/mol. The number of fused-ring (bicyclic) bond motifs is 6. The summed E-state index contributed by atoms with van der Waals surface area (Å²) < 4.78 is 6.52. The molecule has 0 saturated heterocycles. The van der Waals surface area contributed by atoms with E-state index in [0.29, 0.717) is 36.0 Å². The second kappa shape index (κ2) is 9.43. The number of carbonyl (C=O) groups is 1. The molecule has 0 aromatic carbocycles. The Bertz CT molecular complexity index is 1010. The Balaban J connectivity index is 1.29. The number of aliphatic hydroxyl groups excluding tert-OH is 1. The van der Waals surface area contributed by atoms with Crippen LogP contribution in [0.15, 0.2) is 16.6 Å². The molecule has 4 fully saturated rings. The molecular weight excluding hydrogens is 472 g/mol. The molecule has 212 valence electrons. The summed E-state index contributed by atoms with van der Waals surface area (Å²) in [6.07, 6.45) is 14.1. The largest absolute Gasteiger partial charge is 0.480 e. The number of hydrogen-bond acceptors (Lipinski definition) is 5. The number of nitrogens with zero attached hydrogens (tertiary/aromatic N) is 2. The number of ketones is 1. The third-order valence-corrected chi connectivity index (χ3v) is 13.3. The first kappa shape index (κ1) is 27.0. The van der Waals surface area contributed by atoms with Gasteiger partial charge < -0.3 is 14.7 Å². The van der Waals surface area contributed by atoms with Crippen molar-refractivity contribution < 1.29 is 14.6 Å². The lowest BCUT2D eigenvalue weighted by Crippen LogP contribution is -2.55. The molecule has 10 atom stereocenters. The minimum atomic E-state index is -0.347. The lowest BCUT2D eigenvalue weighted by Gasteiger charge is -2.56. The zero-order valence-corrected chi connectivity index (χ0v) is 24.8. The quantitative estimate of drug-likeness (QED) is 0.457. The molecule has 38 heavy (non-hydrogen) atoms. The van der Waals surface area contributed by atoms with Crippen LogP contribution in [0, 0.1) is 45.8 Å². The number of Topliss-reactive ketones (excluding diaryl/α,β-unsaturated/α-hetero) is 1. The first-order valence-corrected chi connectivity index (χ1v) is 15.8. The Morgan fingerprint density at radius 1 is 1.08 bits per heavy atom. The van der Waals surface area contributed by atoms with Gasteiger partial charge in [0.2, 0.25) is 0 Å². The summed E-state index contributed by atoms with van der Waals surface area (Å²) >= 11 is 0. The van der Waals surface area contributed by atoms with Crippen molar-refractivity contribution in [1.82, 2.24) is 4.90 Å². The van der Waals surface area contributed by atoms with Crippen molar-refractivity contribution in [3.05, 3.63) is 11.6 Å². The number of aliphatic imine (C=N–C) groups is 1. The molecule has 5 aliphatic carbocycles. The van der Waals surface area contributed by atoms with E-state index < -0.39 is 0 Å². The second-order valence-electron chi connectivity index (χ2n) is 15.2. The Morgan fingerprint density at radius 2 is 1.82 bits per heavy atom. The SMILES string of the molecule is C[C@@H]([C@H]1[C@H](O)C[C@@]2(C)[C@@H]3CC[C@@H]4C(=CC[C@@H]5N=C(C6CCCCC6)OC[C@]54C)C[C@H]3C(=O)C[C@]12C)N(C)C. The van der Waals surface area contributed by atoms with Crippen molar-refractivity contribution in [2.24, 2.45) is 50.8 Å². The lowest BCUT2D eigenvalue weighted by atomic mass is 9.48. The summed E-state index contributed by atoms with van der Waals surface area (Å²) in [5.41, 5.74) is 1.33. The molecule has 0 amide bonds. The van der Waals surface area contributed by atoms with Crippen LogP contribution in [0.4, 0.5) is 0 Å². The molecule has 0 aromatic rings. The van der Waals surface area contributed by atoms with Crippen LogP contribution in [-0.4, -0.2) is 60.6 Å².